The lowest BCUT2D eigenvalue weighted by Crippen LogP contribution is -2.45. The first kappa shape index (κ1) is 19.2. The van der Waals surface area contributed by atoms with Crippen molar-refractivity contribution in [1.29, 1.82) is 0 Å². The van der Waals surface area contributed by atoms with E-state index in [2.05, 4.69) is 5.32 Å². The van der Waals surface area contributed by atoms with Gasteiger partial charge in [-0.2, -0.15) is 0 Å². The van der Waals surface area contributed by atoms with Crippen LogP contribution in [0.5, 0.6) is 11.5 Å². The molecule has 1 aromatic carbocycles. The van der Waals surface area contributed by atoms with Crippen molar-refractivity contribution >= 4 is 23.2 Å². The van der Waals surface area contributed by atoms with Gasteiger partial charge in [-0.05, 0) is 36.4 Å². The Labute approximate surface area is 163 Å². The predicted molar refractivity (Wildman–Crippen MR) is 104 cm³/mol. The highest BCUT2D eigenvalue weighted by molar-refractivity contribution is 7.12. The molecule has 1 saturated heterocycles. The van der Waals surface area contributed by atoms with Crippen LogP contribution in [-0.4, -0.2) is 44.0 Å². The van der Waals surface area contributed by atoms with Gasteiger partial charge in [-0.15, -0.1) is 11.3 Å². The molecule has 6 nitrogen and oxygen atoms in total. The number of amides is 2. The van der Waals surface area contributed by atoms with Gasteiger partial charge in [-0.3, -0.25) is 9.59 Å². The number of likely N-dealkylation sites (tertiary alicyclic amines) is 1. The minimum atomic E-state index is -0.188. The van der Waals surface area contributed by atoms with Crippen LogP contribution in [0.15, 0.2) is 35.7 Å². The van der Waals surface area contributed by atoms with Gasteiger partial charge in [0.25, 0.3) is 5.91 Å². The summed E-state index contributed by atoms with van der Waals surface area (Å²) in [6, 6.07) is 9.21. The maximum Gasteiger partial charge on any atom is 0.263 e. The SMILES string of the molecule is COc1ccc(CNC(=O)C2CCCN(C(=O)c3cccs3)C2)c(OC)c1. The quantitative estimate of drug-likeness (QED) is 0.826. The Bertz CT molecular complexity index is 791. The van der Waals surface area contributed by atoms with Gasteiger partial charge in [0.1, 0.15) is 11.5 Å². The van der Waals surface area contributed by atoms with Gasteiger partial charge in [0.2, 0.25) is 5.91 Å². The summed E-state index contributed by atoms with van der Waals surface area (Å²) in [4.78, 5) is 27.7. The molecule has 2 aromatic rings. The van der Waals surface area contributed by atoms with E-state index in [1.165, 1.54) is 11.3 Å². The van der Waals surface area contributed by atoms with Crippen molar-refractivity contribution in [1.82, 2.24) is 10.2 Å². The number of rotatable bonds is 6. The zero-order valence-electron chi connectivity index (χ0n) is 15.6. The first-order chi connectivity index (χ1) is 13.1. The number of thiophene rings is 1. The van der Waals surface area contributed by atoms with E-state index in [-0.39, 0.29) is 17.7 Å². The number of ether oxygens (including phenoxy) is 2. The van der Waals surface area contributed by atoms with E-state index in [0.717, 1.165) is 23.3 Å². The fraction of sp³-hybridized carbons (Fsp3) is 0.400. The van der Waals surface area contributed by atoms with E-state index in [0.29, 0.717) is 31.1 Å². The Kier molecular flexibility index (Phi) is 6.34. The van der Waals surface area contributed by atoms with Crippen molar-refractivity contribution in [2.45, 2.75) is 19.4 Å². The van der Waals surface area contributed by atoms with E-state index >= 15 is 0 Å². The summed E-state index contributed by atoms with van der Waals surface area (Å²) >= 11 is 1.43. The van der Waals surface area contributed by atoms with Crippen molar-refractivity contribution in [3.8, 4) is 11.5 Å². The average Bonchev–Trinajstić information content (AvgIpc) is 3.26. The number of methoxy groups -OCH3 is 2. The second kappa shape index (κ2) is 8.90. The molecule has 144 valence electrons. The predicted octanol–water partition coefficient (Wildman–Crippen LogP) is 2.93. The highest BCUT2D eigenvalue weighted by Crippen LogP contribution is 2.25. The number of piperidine rings is 1. The van der Waals surface area contributed by atoms with Crippen LogP contribution in [0.25, 0.3) is 0 Å². The molecule has 2 amide bonds. The van der Waals surface area contributed by atoms with Gasteiger partial charge in [0.05, 0.1) is 25.0 Å². The molecule has 0 spiro atoms. The normalized spacial score (nSPS) is 16.7. The second-order valence-corrected chi connectivity index (χ2v) is 7.41. The van der Waals surface area contributed by atoms with Crippen molar-refractivity contribution in [2.24, 2.45) is 5.92 Å². The molecule has 1 aliphatic rings. The van der Waals surface area contributed by atoms with Gasteiger partial charge >= 0.3 is 0 Å². The third-order valence-corrected chi connectivity index (χ3v) is 5.62. The fourth-order valence-electron chi connectivity index (χ4n) is 3.26. The van der Waals surface area contributed by atoms with E-state index in [4.69, 9.17) is 9.47 Å². The van der Waals surface area contributed by atoms with Crippen molar-refractivity contribution < 1.29 is 19.1 Å². The maximum atomic E-state index is 12.6. The highest BCUT2D eigenvalue weighted by atomic mass is 32.1. The van der Waals surface area contributed by atoms with Crippen LogP contribution in [0.3, 0.4) is 0 Å². The van der Waals surface area contributed by atoms with Gasteiger partial charge in [0, 0.05) is 31.3 Å². The monoisotopic (exact) mass is 388 g/mol. The molecule has 1 N–H and O–H groups in total. The third-order valence-electron chi connectivity index (χ3n) is 4.76. The third kappa shape index (κ3) is 4.60. The summed E-state index contributed by atoms with van der Waals surface area (Å²) in [7, 11) is 3.19. The summed E-state index contributed by atoms with van der Waals surface area (Å²) in [6.45, 7) is 1.54. The number of nitrogens with zero attached hydrogens (tertiary/aromatic N) is 1. The minimum Gasteiger partial charge on any atom is -0.497 e. The van der Waals surface area contributed by atoms with Crippen LogP contribution < -0.4 is 14.8 Å². The van der Waals surface area contributed by atoms with Gasteiger partial charge in [0.15, 0.2) is 0 Å². The highest BCUT2D eigenvalue weighted by Gasteiger charge is 2.29. The summed E-state index contributed by atoms with van der Waals surface area (Å²) < 4.78 is 10.6. The summed E-state index contributed by atoms with van der Waals surface area (Å²) in [5.41, 5.74) is 0.883. The van der Waals surface area contributed by atoms with Gasteiger partial charge < -0.3 is 19.7 Å². The minimum absolute atomic E-state index is 0.0133. The first-order valence-electron chi connectivity index (χ1n) is 8.93. The number of benzene rings is 1. The molecular formula is C20H24N2O4S. The van der Waals surface area contributed by atoms with E-state index in [9.17, 15) is 9.59 Å². The van der Waals surface area contributed by atoms with Crippen LogP contribution in [0.4, 0.5) is 0 Å². The Morgan fingerprint density at radius 1 is 1.26 bits per heavy atom. The fourth-order valence-corrected chi connectivity index (χ4v) is 3.95. The standard InChI is InChI=1S/C20H24N2O4S/c1-25-16-8-7-14(17(11-16)26-2)12-21-19(23)15-5-3-9-22(13-15)20(24)18-6-4-10-27-18/h4,6-8,10-11,15H,3,5,9,12-13H2,1-2H3,(H,21,23). The molecule has 1 aliphatic heterocycles. The number of hydrogen-bond acceptors (Lipinski definition) is 5. The Balaban J connectivity index is 1.59. The molecule has 7 heteroatoms. The molecule has 27 heavy (non-hydrogen) atoms. The van der Waals surface area contributed by atoms with Gasteiger partial charge in [-0.1, -0.05) is 6.07 Å². The van der Waals surface area contributed by atoms with E-state index < -0.39 is 0 Å². The molecule has 2 heterocycles. The summed E-state index contributed by atoms with van der Waals surface area (Å²) in [5, 5.41) is 4.87. The van der Waals surface area contributed by atoms with E-state index in [1.807, 2.05) is 29.6 Å². The van der Waals surface area contributed by atoms with Crippen molar-refractivity contribution in [3.05, 3.63) is 46.2 Å². The molecule has 1 aromatic heterocycles. The molecule has 0 aliphatic carbocycles. The molecule has 1 unspecified atom stereocenters. The molecule has 0 bridgehead atoms. The number of carbonyl (C=O) groups is 2. The first-order valence-corrected chi connectivity index (χ1v) is 9.81. The topological polar surface area (TPSA) is 67.9 Å². The Morgan fingerprint density at radius 2 is 2.11 bits per heavy atom. The van der Waals surface area contributed by atoms with Crippen LogP contribution in [0.2, 0.25) is 0 Å². The molecule has 0 radical (unpaired) electrons. The van der Waals surface area contributed by atoms with Crippen LogP contribution in [0, 0.1) is 5.92 Å². The van der Waals surface area contributed by atoms with Gasteiger partial charge in [-0.25, -0.2) is 0 Å². The van der Waals surface area contributed by atoms with Crippen LogP contribution >= 0.6 is 11.3 Å². The summed E-state index contributed by atoms with van der Waals surface area (Å²) in [5.74, 6) is 1.17. The smallest absolute Gasteiger partial charge is 0.263 e. The Hall–Kier alpha value is -2.54. The van der Waals surface area contributed by atoms with Crippen LogP contribution in [-0.2, 0) is 11.3 Å². The molecule has 0 saturated carbocycles. The largest absolute Gasteiger partial charge is 0.497 e. The molecule has 1 fully saturated rings. The number of nitrogens with one attached hydrogen (secondary N) is 1. The average molecular weight is 388 g/mol. The van der Waals surface area contributed by atoms with Crippen LogP contribution in [0.1, 0.15) is 28.1 Å². The molecule has 1 atom stereocenters. The summed E-state index contributed by atoms with van der Waals surface area (Å²) in [6.07, 6.45) is 1.63. The molecular weight excluding hydrogens is 364 g/mol. The lowest BCUT2D eigenvalue weighted by Gasteiger charge is -2.31. The van der Waals surface area contributed by atoms with Crippen molar-refractivity contribution in [3.63, 3.8) is 0 Å². The number of hydrogen-bond donors (Lipinski definition) is 1. The maximum absolute atomic E-state index is 12.6. The second-order valence-electron chi connectivity index (χ2n) is 6.46. The zero-order chi connectivity index (χ0) is 19.2. The van der Waals surface area contributed by atoms with E-state index in [1.54, 1.807) is 25.2 Å². The molecule has 3 rings (SSSR count). The number of carbonyl (C=O) groups excluding carboxylic acids is 2. The zero-order valence-corrected chi connectivity index (χ0v) is 16.4. The Morgan fingerprint density at radius 3 is 2.81 bits per heavy atom. The lowest BCUT2D eigenvalue weighted by atomic mass is 9.97. The van der Waals surface area contributed by atoms with Crippen molar-refractivity contribution in [2.75, 3.05) is 27.3 Å². The lowest BCUT2D eigenvalue weighted by molar-refractivity contribution is -0.126.